The number of phosphoric ester groups is 1. The number of esters is 1. The Balaban J connectivity index is 1.49. The van der Waals surface area contributed by atoms with E-state index in [0.29, 0.717) is 36.7 Å². The number of imide groups is 1. The summed E-state index contributed by atoms with van der Waals surface area (Å²) < 4.78 is 24.9. The highest BCUT2D eigenvalue weighted by Gasteiger charge is 2.45. The second-order valence-corrected chi connectivity index (χ2v) is 28.4. The maximum absolute atomic E-state index is 14.6. The van der Waals surface area contributed by atoms with E-state index in [-0.39, 0.29) is 108 Å². The molecule has 26 heteroatoms. The van der Waals surface area contributed by atoms with Crippen LogP contribution in [0, 0.1) is 29.6 Å². The van der Waals surface area contributed by atoms with Crippen LogP contribution in [0.5, 0.6) is 5.75 Å². The minimum Gasteiger partial charge on any atom is -0.481 e. The van der Waals surface area contributed by atoms with Crippen molar-refractivity contribution in [3.05, 3.63) is 52.5 Å². The number of aliphatic carboxylic acids is 1. The van der Waals surface area contributed by atoms with Crippen LogP contribution < -0.4 is 20.5 Å². The van der Waals surface area contributed by atoms with Gasteiger partial charge in [-0.25, -0.2) is 12.7 Å². The monoisotopic (exact) mass is 1360 g/mol. The first-order chi connectivity index (χ1) is 39.9. The third-order valence-corrected chi connectivity index (χ3v) is 20.9. The van der Waals surface area contributed by atoms with Gasteiger partial charge in [0.15, 0.2) is 11.9 Å². The number of nitrogens with one attached hydrogen (secondary N) is 3. The number of carbonyl (C=O) groups excluding carboxylic acids is 7. The molecule has 2 aliphatic heterocycles. The summed E-state index contributed by atoms with van der Waals surface area (Å²) in [5, 5.41) is 19.8. The smallest absolute Gasteiger partial charge is 0.481 e. The molecule has 476 valence electrons. The number of likely N-dealkylation sites (tertiary alicyclic amines) is 2. The molecule has 2 fully saturated rings. The molecule has 2 aromatic rings. The number of unbranched alkanes of at least 4 members (excludes halogenated alkanes) is 1. The van der Waals surface area contributed by atoms with Crippen LogP contribution in [0.25, 0.3) is 0 Å². The van der Waals surface area contributed by atoms with Crippen LogP contribution in [0.3, 0.4) is 0 Å². The topological polar surface area (TPSA) is 295 Å². The zero-order valence-corrected chi connectivity index (χ0v) is 56.2. The van der Waals surface area contributed by atoms with E-state index < -0.39 is 73.0 Å². The molecule has 3 heterocycles. The number of aromatic nitrogens is 1. The highest BCUT2D eigenvalue weighted by molar-refractivity contribution is 14.1. The number of carboxylic acids is 1. The number of thioether (sulfide) groups is 1. The number of hydrogen-bond donors (Lipinski definition) is 6. The molecule has 6 amide bonds. The lowest BCUT2D eigenvalue weighted by Crippen LogP contribution is -2.58. The lowest BCUT2D eigenvalue weighted by Gasteiger charge is -2.40. The van der Waals surface area contributed by atoms with E-state index in [9.17, 15) is 57.8 Å². The number of benzene rings is 1. The van der Waals surface area contributed by atoms with Gasteiger partial charge >= 0.3 is 19.8 Å². The maximum Gasteiger partial charge on any atom is 0.524 e. The van der Waals surface area contributed by atoms with Crippen LogP contribution in [0.1, 0.15) is 173 Å². The second-order valence-electron chi connectivity index (χ2n) is 23.3. The lowest BCUT2D eigenvalue weighted by molar-refractivity contribution is -0.149. The van der Waals surface area contributed by atoms with Gasteiger partial charge in [-0.3, -0.25) is 57.9 Å². The minimum atomic E-state index is -5.14. The number of carboxylic acid groups (broad SMARTS) is 1. The van der Waals surface area contributed by atoms with E-state index in [2.05, 4.69) is 79.2 Å². The van der Waals surface area contributed by atoms with Crippen LogP contribution in [-0.4, -0.2) is 154 Å². The Morgan fingerprint density at radius 3 is 2.31 bits per heavy atom. The van der Waals surface area contributed by atoms with Gasteiger partial charge in [0.25, 0.3) is 5.91 Å². The third kappa shape index (κ3) is 21.4. The second kappa shape index (κ2) is 33.7. The number of piperidine rings is 1. The van der Waals surface area contributed by atoms with Gasteiger partial charge in [0.1, 0.15) is 16.7 Å². The predicted octanol–water partition coefficient (Wildman–Crippen LogP) is 9.16. The van der Waals surface area contributed by atoms with Gasteiger partial charge < -0.3 is 35.2 Å². The Morgan fingerprint density at radius 1 is 1.04 bits per heavy atom. The van der Waals surface area contributed by atoms with Gasteiger partial charge in [0, 0.05) is 86.7 Å². The summed E-state index contributed by atoms with van der Waals surface area (Å²) in [4.78, 5) is 136. The average molecular weight is 1360 g/mol. The number of amides is 6. The Morgan fingerprint density at radius 2 is 1.73 bits per heavy atom. The van der Waals surface area contributed by atoms with Gasteiger partial charge in [-0.05, 0) is 113 Å². The fraction of sp³-hybridized carbons (Fsp3) is 0.678. The number of halogens is 1. The first kappa shape index (κ1) is 73.0. The van der Waals surface area contributed by atoms with Gasteiger partial charge in [0.2, 0.25) is 29.5 Å². The van der Waals surface area contributed by atoms with Crippen molar-refractivity contribution < 1.29 is 67.1 Å². The standard InChI is InChI=1S/C59H92IN8O14PS2/c1-14-20-37(8)41-23-24-45(65(11)33-41)54(73)64-52(36(7)16-3)57(75)66(12)46(35(5)6)31-48(81-39(10)69)55-63-44(34-84-55)53(72)61-42(28-38(9)58(76)77)29-40-22-25-47(82-83(78,79)80)43(30-40)62-50(70)21-18-19-27-68-51(71)32-49(56(68)74)85-59(17-4,26-15-2)67(13)60/h14,22,25,30,34-38,41-42,45-46,48-49,52H,1,15-21,23-24,26-29,31-33H2,2-13H3,(H,61,72)(H,62,70)(H,64,73)(H,76,77)(H2,78,79,80)/t36-,37?,38?,41?,42+,45?,46+,48+,49?,52-,59?/m0/s1. The predicted molar refractivity (Wildman–Crippen MR) is 338 cm³/mol. The molecule has 2 aliphatic rings. The van der Waals surface area contributed by atoms with E-state index in [4.69, 9.17) is 9.26 Å². The molecule has 0 aliphatic carbocycles. The lowest BCUT2D eigenvalue weighted by atomic mass is 9.82. The summed E-state index contributed by atoms with van der Waals surface area (Å²) in [5.41, 5.74) is 0.247. The molecule has 0 saturated carbocycles. The number of phosphoric acid groups is 1. The third-order valence-electron chi connectivity index (χ3n) is 16.5. The van der Waals surface area contributed by atoms with Crippen LogP contribution in [-0.2, 0) is 49.3 Å². The molecule has 1 aromatic carbocycles. The normalized spacial score (nSPS) is 19.9. The van der Waals surface area contributed by atoms with Crippen molar-refractivity contribution in [2.75, 3.05) is 39.5 Å². The molecule has 2 saturated heterocycles. The molecule has 0 spiro atoms. The molecule has 6 unspecified atom stereocenters. The molecule has 22 nitrogen and oxygen atoms in total. The maximum atomic E-state index is 14.6. The summed E-state index contributed by atoms with van der Waals surface area (Å²) in [5.74, 6) is -4.88. The number of hydrogen-bond acceptors (Lipinski definition) is 16. The number of allylic oxidation sites excluding steroid dienone is 1. The Hall–Kier alpha value is -4.50. The van der Waals surface area contributed by atoms with E-state index in [1.54, 1.807) is 11.9 Å². The number of carbonyl (C=O) groups is 8. The quantitative estimate of drug-likeness (QED) is 0.00548. The highest BCUT2D eigenvalue weighted by atomic mass is 127. The van der Waals surface area contributed by atoms with E-state index in [1.165, 1.54) is 54.1 Å². The Labute approximate surface area is 524 Å². The van der Waals surface area contributed by atoms with Crippen LogP contribution >= 0.6 is 53.8 Å². The molecule has 6 N–H and O–H groups in total. The van der Waals surface area contributed by atoms with Gasteiger partial charge in [-0.15, -0.1) is 29.7 Å². The van der Waals surface area contributed by atoms with Crippen molar-refractivity contribution in [2.24, 2.45) is 29.6 Å². The minimum absolute atomic E-state index is 0.0274. The Kier molecular flexibility index (Phi) is 29.0. The van der Waals surface area contributed by atoms with E-state index in [0.717, 1.165) is 50.0 Å². The number of rotatable bonds is 35. The van der Waals surface area contributed by atoms with Crippen molar-refractivity contribution in [1.29, 1.82) is 0 Å². The highest BCUT2D eigenvalue weighted by Crippen LogP contribution is 2.45. The molecule has 0 bridgehead atoms. The summed E-state index contributed by atoms with van der Waals surface area (Å²) in [6.07, 6.45) is 7.07. The first-order valence-corrected chi connectivity index (χ1v) is 33.8. The number of thiazole rings is 1. The molecular weight excluding hydrogens is 1270 g/mol. The van der Waals surface area contributed by atoms with Crippen LogP contribution in [0.15, 0.2) is 36.2 Å². The molecule has 11 atom stereocenters. The summed E-state index contributed by atoms with van der Waals surface area (Å²) in [7, 11) is 0.432. The van der Waals surface area contributed by atoms with Crippen molar-refractivity contribution in [2.45, 2.75) is 193 Å². The van der Waals surface area contributed by atoms with Gasteiger partial charge in [-0.1, -0.05) is 80.4 Å². The molecule has 0 radical (unpaired) electrons. The van der Waals surface area contributed by atoms with Crippen molar-refractivity contribution in [3.8, 4) is 5.75 Å². The van der Waals surface area contributed by atoms with Crippen LogP contribution in [0.4, 0.5) is 5.69 Å². The fourth-order valence-corrected chi connectivity index (χ4v) is 15.0. The van der Waals surface area contributed by atoms with E-state index >= 15 is 0 Å². The van der Waals surface area contributed by atoms with Crippen molar-refractivity contribution >= 4 is 107 Å². The van der Waals surface area contributed by atoms with Gasteiger partial charge in [0.05, 0.1) is 27.8 Å². The molecular formula is C59H92IN8O14PS2. The summed E-state index contributed by atoms with van der Waals surface area (Å²) >= 11 is 4.80. The SMILES string of the molecule is C=CCC(C)C1CCC(C(=O)N[C@H](C(=O)N(C)[C@H](C[C@@H](OC(C)=O)c2nc(C(=O)N[C@@H](Cc3ccc(OP(=O)(O)O)c(NC(=O)CCCCN4C(=O)CC(SC(CC)(CCC)N(C)I)C4=O)c3)CC(C)C(=O)O)cs2)C(C)C)[C@@H](C)CC)N(C)C1. The van der Waals surface area contributed by atoms with Crippen LogP contribution in [0.2, 0.25) is 0 Å². The summed E-state index contributed by atoms with van der Waals surface area (Å²) in [6, 6.07) is 1.46. The average Bonchev–Trinajstić information content (AvgIpc) is 4.28. The zero-order chi connectivity index (χ0) is 63.7. The van der Waals surface area contributed by atoms with Crippen molar-refractivity contribution in [3.63, 3.8) is 0 Å². The molecule has 4 rings (SSSR count). The largest absolute Gasteiger partial charge is 0.524 e. The number of ether oxygens (including phenoxy) is 1. The zero-order valence-electron chi connectivity index (χ0n) is 51.5. The van der Waals surface area contributed by atoms with Crippen molar-refractivity contribution in [1.82, 2.24) is 33.4 Å². The van der Waals surface area contributed by atoms with Gasteiger partial charge in [-0.2, -0.15) is 0 Å². The fourth-order valence-electron chi connectivity index (χ4n) is 11.2. The first-order valence-electron chi connectivity index (χ1n) is 29.5. The Bertz CT molecular complexity index is 2700. The number of anilines is 1. The molecule has 1 aromatic heterocycles. The number of nitrogens with zero attached hydrogens (tertiary/aromatic N) is 5. The molecule has 85 heavy (non-hydrogen) atoms. The summed E-state index contributed by atoms with van der Waals surface area (Å²) in [6.45, 7) is 21.6. The van der Waals surface area contributed by atoms with E-state index in [1.807, 2.05) is 47.9 Å². The number of likely N-dealkylation sites (N-methyl/N-ethyl adjacent to an activating group) is 2.